The Kier molecular flexibility index (Phi) is 9.68. The molecule has 0 aliphatic carbocycles. The first-order chi connectivity index (χ1) is 15.0. The van der Waals surface area contributed by atoms with Gasteiger partial charge in [0.05, 0.1) is 20.8 Å². The highest BCUT2D eigenvalue weighted by Crippen LogP contribution is 2.18. The molecule has 0 heterocycles. The molecule has 0 fully saturated rings. The zero-order chi connectivity index (χ0) is 22.6. The Morgan fingerprint density at radius 3 is 2.03 bits per heavy atom. The molecule has 0 bridgehead atoms. The Morgan fingerprint density at radius 1 is 0.935 bits per heavy atom. The van der Waals surface area contributed by atoms with Gasteiger partial charge in [-0.25, -0.2) is 0 Å². The number of nitrogens with zero attached hydrogens (tertiary/aromatic N) is 1. The highest BCUT2D eigenvalue weighted by molar-refractivity contribution is 5.87. The van der Waals surface area contributed by atoms with Gasteiger partial charge in [-0.15, -0.1) is 0 Å². The topological polar surface area (TPSA) is 77.1 Å². The molecule has 0 unspecified atom stereocenters. The predicted octanol–water partition coefficient (Wildman–Crippen LogP) is 3.42. The van der Waals surface area contributed by atoms with Crippen molar-refractivity contribution in [3.8, 4) is 17.2 Å². The van der Waals surface area contributed by atoms with E-state index in [0.29, 0.717) is 26.1 Å². The average molecular weight is 429 g/mol. The van der Waals surface area contributed by atoms with Crippen molar-refractivity contribution in [2.24, 2.45) is 0 Å². The molecule has 2 aromatic rings. The molecule has 0 saturated heterocycles. The van der Waals surface area contributed by atoms with Gasteiger partial charge < -0.3 is 24.4 Å². The average Bonchev–Trinajstić information content (AvgIpc) is 2.80. The van der Waals surface area contributed by atoms with Gasteiger partial charge in [-0.2, -0.15) is 0 Å². The molecule has 0 radical (unpaired) electrons. The van der Waals surface area contributed by atoms with Gasteiger partial charge in [-0.1, -0.05) is 12.1 Å². The Balaban J connectivity index is 1.96. The summed E-state index contributed by atoms with van der Waals surface area (Å²) in [5, 5.41) is 2.80. The van der Waals surface area contributed by atoms with E-state index in [-0.39, 0.29) is 18.2 Å². The minimum Gasteiger partial charge on any atom is -0.497 e. The van der Waals surface area contributed by atoms with Crippen LogP contribution in [0.1, 0.15) is 32.3 Å². The molecule has 2 aromatic carbocycles. The van der Waals surface area contributed by atoms with E-state index in [1.165, 1.54) is 0 Å². The monoisotopic (exact) mass is 428 g/mol. The molecule has 0 aliphatic heterocycles. The minimum absolute atomic E-state index is 0.0899. The molecule has 0 aromatic heterocycles. The van der Waals surface area contributed by atoms with Gasteiger partial charge in [0.15, 0.2) is 0 Å². The third-order valence-corrected chi connectivity index (χ3v) is 4.89. The van der Waals surface area contributed by atoms with Gasteiger partial charge in [0.25, 0.3) is 0 Å². The number of rotatable bonds is 12. The number of methoxy groups -OCH3 is 2. The van der Waals surface area contributed by atoms with Gasteiger partial charge in [0, 0.05) is 19.5 Å². The van der Waals surface area contributed by atoms with Crippen molar-refractivity contribution in [1.82, 2.24) is 10.2 Å². The molecule has 1 atom stereocenters. The largest absolute Gasteiger partial charge is 0.497 e. The number of amides is 2. The van der Waals surface area contributed by atoms with Crippen molar-refractivity contribution in [3.05, 3.63) is 54.1 Å². The van der Waals surface area contributed by atoms with Crippen LogP contribution in [0.25, 0.3) is 0 Å². The van der Waals surface area contributed by atoms with Crippen LogP contribution in [0.2, 0.25) is 0 Å². The van der Waals surface area contributed by atoms with Crippen molar-refractivity contribution in [2.45, 2.75) is 39.3 Å². The van der Waals surface area contributed by atoms with E-state index < -0.39 is 6.04 Å². The molecular weight excluding hydrogens is 396 g/mol. The lowest BCUT2D eigenvalue weighted by Gasteiger charge is -2.29. The molecule has 1 N–H and O–H groups in total. The van der Waals surface area contributed by atoms with Crippen LogP contribution in [0.4, 0.5) is 0 Å². The maximum absolute atomic E-state index is 13.0. The predicted molar refractivity (Wildman–Crippen MR) is 119 cm³/mol. The quantitative estimate of drug-likeness (QED) is 0.524. The number of carbonyl (C=O) groups excluding carboxylic acids is 2. The summed E-state index contributed by atoms with van der Waals surface area (Å²) < 4.78 is 16.0. The van der Waals surface area contributed by atoms with Crippen LogP contribution in [0.3, 0.4) is 0 Å². The van der Waals surface area contributed by atoms with E-state index in [4.69, 9.17) is 14.2 Å². The first-order valence-electron chi connectivity index (χ1n) is 10.5. The number of carbonyl (C=O) groups is 2. The van der Waals surface area contributed by atoms with Crippen molar-refractivity contribution in [1.29, 1.82) is 0 Å². The van der Waals surface area contributed by atoms with Crippen molar-refractivity contribution in [3.63, 3.8) is 0 Å². The number of ether oxygens (including phenoxy) is 3. The van der Waals surface area contributed by atoms with E-state index in [9.17, 15) is 9.59 Å². The van der Waals surface area contributed by atoms with E-state index in [0.717, 1.165) is 22.8 Å². The second-order valence-corrected chi connectivity index (χ2v) is 7.07. The van der Waals surface area contributed by atoms with Crippen LogP contribution < -0.4 is 19.5 Å². The first-order valence-corrected chi connectivity index (χ1v) is 10.5. The standard InChI is InChI=1S/C24H32N2O5/c1-5-25-24(28)18(2)26(17-19-8-10-20(29-3)11-9-19)23(27)7-6-16-31-22-14-12-21(30-4)13-15-22/h8-15,18H,5-7,16-17H2,1-4H3,(H,25,28)/t18-/m1/s1. The molecule has 0 saturated carbocycles. The molecular formula is C24H32N2O5. The lowest BCUT2D eigenvalue weighted by atomic mass is 10.1. The molecule has 7 heteroatoms. The highest BCUT2D eigenvalue weighted by atomic mass is 16.5. The first kappa shape index (κ1) is 24.1. The van der Waals surface area contributed by atoms with Crippen molar-refractivity contribution in [2.75, 3.05) is 27.4 Å². The summed E-state index contributed by atoms with van der Waals surface area (Å²) in [6.45, 7) is 4.88. The Hall–Kier alpha value is -3.22. The fourth-order valence-corrected chi connectivity index (χ4v) is 3.06. The Bertz CT molecular complexity index is 821. The summed E-state index contributed by atoms with van der Waals surface area (Å²) in [6.07, 6.45) is 0.835. The molecule has 0 aliphatic rings. The number of hydrogen-bond acceptors (Lipinski definition) is 5. The van der Waals surface area contributed by atoms with Gasteiger partial charge >= 0.3 is 0 Å². The van der Waals surface area contributed by atoms with E-state index in [1.807, 2.05) is 55.5 Å². The highest BCUT2D eigenvalue weighted by Gasteiger charge is 2.25. The summed E-state index contributed by atoms with van der Waals surface area (Å²) in [6, 6.07) is 14.2. The third kappa shape index (κ3) is 7.51. The molecule has 31 heavy (non-hydrogen) atoms. The van der Waals surface area contributed by atoms with Gasteiger partial charge in [0.2, 0.25) is 11.8 Å². The van der Waals surface area contributed by atoms with Crippen LogP contribution in [0.5, 0.6) is 17.2 Å². The van der Waals surface area contributed by atoms with Crippen LogP contribution in [-0.2, 0) is 16.1 Å². The summed E-state index contributed by atoms with van der Waals surface area (Å²) in [5.74, 6) is 1.97. The zero-order valence-corrected chi connectivity index (χ0v) is 18.7. The normalized spacial score (nSPS) is 11.4. The zero-order valence-electron chi connectivity index (χ0n) is 18.7. The number of likely N-dealkylation sites (N-methyl/N-ethyl adjacent to an activating group) is 1. The number of benzene rings is 2. The second-order valence-electron chi connectivity index (χ2n) is 7.07. The van der Waals surface area contributed by atoms with E-state index in [1.54, 1.807) is 26.0 Å². The van der Waals surface area contributed by atoms with Crippen LogP contribution in [0.15, 0.2) is 48.5 Å². The maximum Gasteiger partial charge on any atom is 0.242 e. The summed E-state index contributed by atoms with van der Waals surface area (Å²) in [7, 11) is 3.22. The lowest BCUT2D eigenvalue weighted by Crippen LogP contribution is -2.47. The van der Waals surface area contributed by atoms with Crippen LogP contribution >= 0.6 is 0 Å². The molecule has 0 spiro atoms. The van der Waals surface area contributed by atoms with Gasteiger partial charge in [-0.3, -0.25) is 9.59 Å². The molecule has 2 rings (SSSR count). The van der Waals surface area contributed by atoms with Crippen molar-refractivity contribution < 1.29 is 23.8 Å². The van der Waals surface area contributed by atoms with E-state index >= 15 is 0 Å². The van der Waals surface area contributed by atoms with Crippen LogP contribution in [0, 0.1) is 0 Å². The van der Waals surface area contributed by atoms with E-state index in [2.05, 4.69) is 5.32 Å². The Morgan fingerprint density at radius 2 is 1.48 bits per heavy atom. The second kappa shape index (κ2) is 12.5. The maximum atomic E-state index is 13.0. The summed E-state index contributed by atoms with van der Waals surface area (Å²) in [4.78, 5) is 27.0. The number of hydrogen-bond donors (Lipinski definition) is 1. The lowest BCUT2D eigenvalue weighted by molar-refractivity contribution is -0.140. The van der Waals surface area contributed by atoms with Gasteiger partial charge in [0.1, 0.15) is 23.3 Å². The number of nitrogens with one attached hydrogen (secondary N) is 1. The SMILES string of the molecule is CCNC(=O)[C@@H](C)N(Cc1ccc(OC)cc1)C(=O)CCCOc1ccc(OC)cc1. The van der Waals surface area contributed by atoms with Gasteiger partial charge in [-0.05, 0) is 62.2 Å². The molecule has 2 amide bonds. The minimum atomic E-state index is -0.572. The molecule has 7 nitrogen and oxygen atoms in total. The fourth-order valence-electron chi connectivity index (χ4n) is 3.06. The fraction of sp³-hybridized carbons (Fsp3) is 0.417. The van der Waals surface area contributed by atoms with Crippen molar-refractivity contribution >= 4 is 11.8 Å². The summed E-state index contributed by atoms with van der Waals surface area (Å²) >= 11 is 0. The summed E-state index contributed by atoms with van der Waals surface area (Å²) in [5.41, 5.74) is 0.930. The smallest absolute Gasteiger partial charge is 0.242 e. The Labute approximate surface area is 184 Å². The third-order valence-electron chi connectivity index (χ3n) is 4.89. The van der Waals surface area contributed by atoms with Crippen LogP contribution in [-0.4, -0.2) is 50.1 Å². The molecule has 168 valence electrons.